The number of esters is 2. The summed E-state index contributed by atoms with van der Waals surface area (Å²) in [4.78, 5) is 24.8. The lowest BCUT2D eigenvalue weighted by atomic mass is 9.99. The number of carbonyl (C=O) groups is 2. The van der Waals surface area contributed by atoms with Crippen LogP contribution in [0.4, 0.5) is 0 Å². The summed E-state index contributed by atoms with van der Waals surface area (Å²) in [6.07, 6.45) is 34.5. The summed E-state index contributed by atoms with van der Waals surface area (Å²) in [6.45, 7) is 4.29. The molecule has 0 spiro atoms. The van der Waals surface area contributed by atoms with E-state index in [0.29, 0.717) is 12.8 Å². The van der Waals surface area contributed by atoms with Crippen LogP contribution in [0.25, 0.3) is 0 Å². The minimum absolute atomic E-state index is 0.211. The third kappa shape index (κ3) is 25.8. The maximum absolute atomic E-state index is 12.5. The molecule has 0 aromatic rings. The molecular weight excluding hydrogens is 644 g/mol. The first-order chi connectivity index (χ1) is 24.9. The van der Waals surface area contributed by atoms with Crippen molar-refractivity contribution in [3.63, 3.8) is 0 Å². The van der Waals surface area contributed by atoms with Gasteiger partial charge in [0.2, 0.25) is 0 Å². The molecule has 1 aliphatic rings. The highest BCUT2D eigenvalue weighted by atomic mass is 16.7. The molecule has 1 rings (SSSR count). The maximum atomic E-state index is 12.5. The molecule has 51 heavy (non-hydrogen) atoms. The Morgan fingerprint density at radius 3 is 1.37 bits per heavy atom. The minimum atomic E-state index is -1.42. The minimum Gasteiger partial charge on any atom is -0.463 e. The Kier molecular flexibility index (Phi) is 31.6. The first-order valence-electron chi connectivity index (χ1n) is 21.1. The van der Waals surface area contributed by atoms with E-state index in [1.807, 2.05) is 0 Å². The van der Waals surface area contributed by atoms with E-state index in [2.05, 4.69) is 38.2 Å². The molecule has 1 fully saturated rings. The van der Waals surface area contributed by atoms with Crippen molar-refractivity contribution in [2.75, 3.05) is 13.7 Å². The van der Waals surface area contributed by atoms with Crippen LogP contribution in [0.3, 0.4) is 0 Å². The molecule has 1 heterocycles. The number of allylic oxidation sites excluding steroid dienone is 4. The average Bonchev–Trinajstić information content (AvgIpc) is 3.13. The van der Waals surface area contributed by atoms with E-state index in [9.17, 15) is 19.8 Å². The predicted molar refractivity (Wildman–Crippen MR) is 207 cm³/mol. The molecule has 0 aromatic heterocycles. The molecule has 0 bridgehead atoms. The van der Waals surface area contributed by atoms with E-state index in [1.165, 1.54) is 103 Å². The summed E-state index contributed by atoms with van der Waals surface area (Å²) in [5, 5.41) is 21.4. The van der Waals surface area contributed by atoms with Crippen LogP contribution in [0.5, 0.6) is 0 Å². The lowest BCUT2D eigenvalue weighted by Gasteiger charge is -2.41. The van der Waals surface area contributed by atoms with Gasteiger partial charge in [0.1, 0.15) is 24.9 Å². The second-order valence-electron chi connectivity index (χ2n) is 14.6. The molecule has 1 saturated heterocycles. The van der Waals surface area contributed by atoms with Gasteiger partial charge in [-0.15, -0.1) is 0 Å². The SMILES string of the molecule is CCCCCCCC/C=C/CCCCCCCC(=O)OC[C@H]1O[C@@H](OC)[C@H](OC(=O)CCCCCCC/C=C/CCCCCCCC)[C@@H](O)[C@@H]1O. The van der Waals surface area contributed by atoms with Crippen molar-refractivity contribution in [3.8, 4) is 0 Å². The van der Waals surface area contributed by atoms with Gasteiger partial charge in [0.15, 0.2) is 12.4 Å². The van der Waals surface area contributed by atoms with E-state index in [1.54, 1.807) is 0 Å². The molecule has 8 nitrogen and oxygen atoms in total. The number of hydrogen-bond acceptors (Lipinski definition) is 8. The van der Waals surface area contributed by atoms with Crippen molar-refractivity contribution >= 4 is 11.9 Å². The third-order valence-electron chi connectivity index (χ3n) is 9.84. The number of rotatable bonds is 34. The standard InChI is InChI=1S/C43H78O8/c1-4-6-8-10-12-14-16-18-20-22-24-26-28-30-32-34-38(44)49-36-37-40(46)41(47)42(43(48-3)50-37)51-39(45)35-33-31-29-27-25-23-21-19-17-15-13-11-9-7-5-2/h18-21,37,40-43,46-47H,4-17,22-36H2,1-3H3/b20-18+,21-19+/t37-,40-,41+,42-,43-/m1/s1. The summed E-state index contributed by atoms with van der Waals surface area (Å²) in [7, 11) is 1.38. The lowest BCUT2D eigenvalue weighted by Crippen LogP contribution is -2.60. The van der Waals surface area contributed by atoms with Gasteiger partial charge in [0, 0.05) is 20.0 Å². The predicted octanol–water partition coefficient (Wildman–Crippen LogP) is 10.6. The molecule has 0 aromatic carbocycles. The van der Waals surface area contributed by atoms with Gasteiger partial charge < -0.3 is 29.2 Å². The lowest BCUT2D eigenvalue weighted by molar-refractivity contribution is -0.298. The molecule has 0 radical (unpaired) electrons. The van der Waals surface area contributed by atoms with Gasteiger partial charge in [-0.2, -0.15) is 0 Å². The molecule has 0 saturated carbocycles. The Hall–Kier alpha value is -1.74. The Morgan fingerprint density at radius 2 is 0.941 bits per heavy atom. The summed E-state index contributed by atoms with van der Waals surface area (Å²) >= 11 is 0. The number of carbonyl (C=O) groups excluding carboxylic acids is 2. The molecule has 298 valence electrons. The fraction of sp³-hybridized carbons (Fsp3) is 0.860. The van der Waals surface area contributed by atoms with Gasteiger partial charge in [-0.25, -0.2) is 0 Å². The van der Waals surface area contributed by atoms with Crippen LogP contribution in [0.2, 0.25) is 0 Å². The van der Waals surface area contributed by atoms with Gasteiger partial charge in [0.05, 0.1) is 0 Å². The quantitative estimate of drug-likeness (QED) is 0.0384. The van der Waals surface area contributed by atoms with Crippen LogP contribution in [-0.2, 0) is 28.5 Å². The Bertz CT molecular complexity index is 870. The van der Waals surface area contributed by atoms with Gasteiger partial charge in [0.25, 0.3) is 0 Å². The van der Waals surface area contributed by atoms with Crippen LogP contribution in [0.1, 0.15) is 194 Å². The molecule has 1 aliphatic heterocycles. The number of methoxy groups -OCH3 is 1. The second kappa shape index (κ2) is 34.1. The van der Waals surface area contributed by atoms with Crippen LogP contribution in [0, 0.1) is 0 Å². The number of aliphatic hydroxyl groups is 2. The zero-order chi connectivity index (χ0) is 37.2. The topological polar surface area (TPSA) is 112 Å². The van der Waals surface area contributed by atoms with E-state index in [-0.39, 0.29) is 19.0 Å². The molecule has 0 amide bonds. The van der Waals surface area contributed by atoms with Crippen molar-refractivity contribution in [1.82, 2.24) is 0 Å². The van der Waals surface area contributed by atoms with Crippen LogP contribution < -0.4 is 0 Å². The smallest absolute Gasteiger partial charge is 0.306 e. The largest absolute Gasteiger partial charge is 0.463 e. The van der Waals surface area contributed by atoms with Gasteiger partial charge in [-0.05, 0) is 64.2 Å². The normalized spacial score (nSPS) is 20.8. The van der Waals surface area contributed by atoms with Crippen molar-refractivity contribution in [1.29, 1.82) is 0 Å². The van der Waals surface area contributed by atoms with Crippen LogP contribution in [-0.4, -0.2) is 66.6 Å². The van der Waals surface area contributed by atoms with Crippen molar-refractivity contribution in [2.45, 2.75) is 224 Å². The highest BCUT2D eigenvalue weighted by Crippen LogP contribution is 2.25. The molecule has 5 atom stereocenters. The third-order valence-corrected chi connectivity index (χ3v) is 9.84. The Morgan fingerprint density at radius 1 is 0.549 bits per heavy atom. The first kappa shape index (κ1) is 47.3. The average molecular weight is 723 g/mol. The molecule has 0 unspecified atom stereocenters. The van der Waals surface area contributed by atoms with Gasteiger partial charge in [-0.3, -0.25) is 9.59 Å². The van der Waals surface area contributed by atoms with E-state index < -0.39 is 36.7 Å². The molecule has 2 N–H and O–H groups in total. The van der Waals surface area contributed by atoms with Crippen molar-refractivity contribution < 1.29 is 38.7 Å². The second-order valence-corrected chi connectivity index (χ2v) is 14.6. The van der Waals surface area contributed by atoms with Crippen LogP contribution in [0.15, 0.2) is 24.3 Å². The van der Waals surface area contributed by atoms with Crippen molar-refractivity contribution in [2.24, 2.45) is 0 Å². The van der Waals surface area contributed by atoms with E-state index in [4.69, 9.17) is 18.9 Å². The van der Waals surface area contributed by atoms with E-state index >= 15 is 0 Å². The summed E-state index contributed by atoms with van der Waals surface area (Å²) in [5.41, 5.74) is 0. The molecular formula is C43H78O8. The van der Waals surface area contributed by atoms with Gasteiger partial charge in [-0.1, -0.05) is 141 Å². The van der Waals surface area contributed by atoms with Crippen LogP contribution >= 0.6 is 0 Å². The highest BCUT2D eigenvalue weighted by molar-refractivity contribution is 5.69. The Labute approximate surface area is 312 Å². The first-order valence-corrected chi connectivity index (χ1v) is 21.1. The molecule has 8 heteroatoms. The van der Waals surface area contributed by atoms with Gasteiger partial charge >= 0.3 is 11.9 Å². The maximum Gasteiger partial charge on any atom is 0.306 e. The van der Waals surface area contributed by atoms with E-state index in [0.717, 1.165) is 64.2 Å². The number of hydrogen-bond donors (Lipinski definition) is 2. The van der Waals surface area contributed by atoms with Crippen molar-refractivity contribution in [3.05, 3.63) is 24.3 Å². The highest BCUT2D eigenvalue weighted by Gasteiger charge is 2.47. The fourth-order valence-electron chi connectivity index (χ4n) is 6.50. The number of ether oxygens (including phenoxy) is 4. The number of unbranched alkanes of at least 4 members (excludes halogenated alkanes) is 22. The monoisotopic (exact) mass is 723 g/mol. The molecule has 0 aliphatic carbocycles. The zero-order valence-electron chi connectivity index (χ0n) is 33.0. The summed E-state index contributed by atoms with van der Waals surface area (Å²) < 4.78 is 21.9. The number of aliphatic hydroxyl groups excluding tert-OH is 2. The summed E-state index contributed by atoms with van der Waals surface area (Å²) in [5.74, 6) is -0.820. The zero-order valence-corrected chi connectivity index (χ0v) is 33.0. The summed E-state index contributed by atoms with van der Waals surface area (Å²) in [6, 6.07) is 0. The Balaban J connectivity index is 2.12. The fourth-order valence-corrected chi connectivity index (χ4v) is 6.50.